The molecule has 41 nitrogen and oxygen atoms in total. The van der Waals surface area contributed by atoms with E-state index in [1.807, 2.05) is 20.8 Å². The van der Waals surface area contributed by atoms with E-state index < -0.39 is 223 Å². The number of primary amides is 1. The average Bonchev–Trinajstić information content (AvgIpc) is 1.44. The van der Waals surface area contributed by atoms with Gasteiger partial charge in [-0.25, -0.2) is 9.78 Å². The lowest BCUT2D eigenvalue weighted by molar-refractivity contribution is -0.149. The Hall–Kier alpha value is -13.0. The molecule has 0 unspecified atom stereocenters. The summed E-state index contributed by atoms with van der Waals surface area (Å²) >= 11 is 0.794. The lowest BCUT2D eigenvalue weighted by Crippen LogP contribution is -2.61. The second-order valence-corrected chi connectivity index (χ2v) is 34.0. The number of benzene rings is 3. The summed E-state index contributed by atoms with van der Waals surface area (Å²) in [5, 5.41) is 62.7. The highest BCUT2D eigenvalue weighted by Gasteiger charge is 2.46. The Morgan fingerprint density at radius 1 is 0.554 bits per heavy atom. The summed E-state index contributed by atoms with van der Waals surface area (Å²) in [6.45, 7) is 5.99. The molecule has 6 aromatic rings. The molecule has 0 bridgehead atoms. The highest BCUT2D eigenvalue weighted by molar-refractivity contribution is 8.00. The maximum absolute atomic E-state index is 15.7. The lowest BCUT2D eigenvalue weighted by Gasteiger charge is -2.36. The zero-order chi connectivity index (χ0) is 94.6. The fourth-order valence-electron chi connectivity index (χ4n) is 15.9. The molecule has 3 aromatic heterocycles. The van der Waals surface area contributed by atoms with E-state index in [0.29, 0.717) is 82.7 Å². The highest BCUT2D eigenvalue weighted by atomic mass is 32.2. The van der Waals surface area contributed by atoms with Crippen LogP contribution < -0.4 is 64.2 Å². The number of likely N-dealkylation sites (N-methyl/N-ethyl adjacent to an activating group) is 3. The topological polar surface area (TPSA) is 586 Å². The van der Waals surface area contributed by atoms with Gasteiger partial charge in [0.25, 0.3) is 0 Å². The number of carbonyl (C=O) groups is 17. The first-order valence-electron chi connectivity index (χ1n) is 43.8. The van der Waals surface area contributed by atoms with Gasteiger partial charge in [-0.1, -0.05) is 101 Å². The van der Waals surface area contributed by atoms with Crippen molar-refractivity contribution in [3.05, 3.63) is 120 Å². The number of aromatic amines is 3. The number of nitrogens with zero attached hydrogens (tertiary/aromatic N) is 6. The van der Waals surface area contributed by atoms with Crippen LogP contribution >= 0.6 is 11.8 Å². The van der Waals surface area contributed by atoms with Crippen LogP contribution in [0.2, 0.25) is 0 Å². The Bertz CT molecular complexity index is 5010. The van der Waals surface area contributed by atoms with Crippen molar-refractivity contribution in [1.29, 1.82) is 0 Å². The number of phenolic OH excluding ortho intramolecular Hbond substituents is 1. The molecule has 0 aliphatic carbocycles. The first kappa shape index (κ1) is 101. The van der Waals surface area contributed by atoms with E-state index in [-0.39, 0.29) is 82.4 Å². The number of urea groups is 1. The van der Waals surface area contributed by atoms with Crippen molar-refractivity contribution < 1.29 is 96.8 Å². The number of aliphatic hydroxyl groups is 2. The maximum atomic E-state index is 15.7. The zero-order valence-electron chi connectivity index (χ0n) is 74.2. The fraction of sp³-hybridized carbons (Fsp3) is 0.523. The van der Waals surface area contributed by atoms with Crippen molar-refractivity contribution >= 4 is 134 Å². The molecule has 0 spiro atoms. The minimum absolute atomic E-state index is 0.000306. The number of hydrogen-bond donors (Lipinski definition) is 18. The molecule has 3 aromatic carbocycles. The monoisotopic (exact) mass is 1820 g/mol. The van der Waals surface area contributed by atoms with Gasteiger partial charge >= 0.3 is 6.03 Å². The Morgan fingerprint density at radius 3 is 1.75 bits per heavy atom. The predicted molar refractivity (Wildman–Crippen MR) is 477 cm³/mol. The molecule has 18 amide bonds. The Balaban J connectivity index is 1.08. The highest BCUT2D eigenvalue weighted by Crippen LogP contribution is 2.28. The van der Waals surface area contributed by atoms with Gasteiger partial charge in [-0.05, 0) is 93.3 Å². The molecule has 42 heteroatoms. The van der Waals surface area contributed by atoms with Crippen LogP contribution in [-0.4, -0.2) is 310 Å². The molecule has 704 valence electrons. The predicted octanol–water partition coefficient (Wildman–Crippen LogP) is -1.17. The van der Waals surface area contributed by atoms with Crippen molar-refractivity contribution in [3.8, 4) is 5.75 Å². The van der Waals surface area contributed by atoms with Gasteiger partial charge in [0.2, 0.25) is 94.5 Å². The second-order valence-electron chi connectivity index (χ2n) is 33.0. The van der Waals surface area contributed by atoms with Gasteiger partial charge < -0.3 is 114 Å². The zero-order valence-corrected chi connectivity index (χ0v) is 75.1. The standard InChI is InChI=1S/C88H121N21O20S/c1-9-12-14-25-70-87(128)106(7)68(24-13-10-2)81(122)96-49(4)75(116)103-67(77(118)94-43-72(89)113)46-130-47-74(115)97-64(35-51-27-29-55(111)30-28-51)84(125)105(6)50(5)76(117)104-88(129)108-34-19-26-69(108)82(123)100-63(38-54-42-90-48-95-54)79(120)98-61(31-32-73(114)91-33-11-3)86(127)109-44-56(112)39-71(109)83(124)99-62(36-52-40-92-59-22-17-15-20-57(52)59)78(119)102-66(45-110)80(121)101-65(85(126)107(70)8)37-53-41-93-60-23-18-16-21-58(53)60/h15-18,20-23,27-30,40-42,48-50,56,61-71,92-93,110-112H,9-14,19,24-26,31-39,43-47H2,1-8H3,(H2,89,113)(H,90,95)(H,91,114)(H,94,118)(H,96,122)(H,97,115)(H,98,120)(H,99,124)(H,100,123)(H,101,121)(H,102,119)(H,103,116)(H,104,117,129)/t49-,50-,56+,61-,62-,63-,64-,65-,66-,67-,68-,69-,70-,71-/m0/s1. The first-order valence-corrected chi connectivity index (χ1v) is 45.0. The van der Waals surface area contributed by atoms with Gasteiger partial charge in [0.05, 0.1) is 31.3 Å². The maximum Gasteiger partial charge on any atom is 0.324 e. The van der Waals surface area contributed by atoms with Crippen LogP contribution in [0.3, 0.4) is 0 Å². The molecule has 3 aliphatic rings. The molecule has 14 atom stereocenters. The van der Waals surface area contributed by atoms with Crippen molar-refractivity contribution in [2.75, 3.05) is 65.4 Å². The smallest absolute Gasteiger partial charge is 0.324 e. The molecule has 19 N–H and O–H groups in total. The summed E-state index contributed by atoms with van der Waals surface area (Å²) in [5.74, 6) is -15.6. The quantitative estimate of drug-likeness (QED) is 0.0317. The number of hydrogen-bond acceptors (Lipinski definition) is 22. The number of nitrogens with two attached hydrogens (primary N) is 1. The summed E-state index contributed by atoms with van der Waals surface area (Å²) in [6.07, 6.45) is 5.38. The number of aromatic hydroxyl groups is 1. The van der Waals surface area contributed by atoms with Gasteiger partial charge in [-0.3, -0.25) is 82.0 Å². The Morgan fingerprint density at radius 2 is 1.13 bits per heavy atom. The number of para-hydroxylation sites is 2. The number of rotatable bonds is 24. The van der Waals surface area contributed by atoms with Gasteiger partial charge in [0.1, 0.15) is 84.3 Å². The summed E-state index contributed by atoms with van der Waals surface area (Å²) in [4.78, 5) is 267. The molecule has 9 rings (SSSR count). The second kappa shape index (κ2) is 48.4. The third-order valence-electron chi connectivity index (χ3n) is 23.4. The van der Waals surface area contributed by atoms with Crippen molar-refractivity contribution in [1.82, 2.24) is 103 Å². The van der Waals surface area contributed by atoms with E-state index in [4.69, 9.17) is 5.73 Å². The summed E-state index contributed by atoms with van der Waals surface area (Å²) in [6, 6.07) is -1.40. The molecule has 3 aliphatic heterocycles. The third-order valence-corrected chi connectivity index (χ3v) is 24.5. The molecule has 130 heavy (non-hydrogen) atoms. The van der Waals surface area contributed by atoms with Crippen LogP contribution in [-0.2, 0) is 102 Å². The summed E-state index contributed by atoms with van der Waals surface area (Å²) in [5.41, 5.74) is 8.36. The van der Waals surface area contributed by atoms with Crippen LogP contribution in [0.5, 0.6) is 5.75 Å². The van der Waals surface area contributed by atoms with Crippen LogP contribution in [0.25, 0.3) is 21.8 Å². The van der Waals surface area contributed by atoms with E-state index >= 15 is 33.6 Å². The molecular formula is C88H121N21O20S. The number of aromatic nitrogens is 4. The number of nitrogens with one attached hydrogen (secondary N) is 14. The number of aliphatic hydroxyl groups excluding tert-OH is 2. The number of phenols is 1. The minimum Gasteiger partial charge on any atom is -0.508 e. The summed E-state index contributed by atoms with van der Waals surface area (Å²) < 4.78 is 0. The number of imide groups is 1. The number of amides is 18. The van der Waals surface area contributed by atoms with Crippen molar-refractivity contribution in [3.63, 3.8) is 0 Å². The van der Waals surface area contributed by atoms with E-state index in [9.17, 15) is 63.3 Å². The number of fused-ring (bicyclic) bond motifs is 4. The van der Waals surface area contributed by atoms with Crippen LogP contribution in [0.15, 0.2) is 97.7 Å². The normalized spacial score (nSPS) is 24.6. The Labute approximate surface area is 755 Å². The van der Waals surface area contributed by atoms with Crippen LogP contribution in [0.1, 0.15) is 140 Å². The number of carbonyl (C=O) groups excluding carboxylic acids is 17. The SMILES string of the molecule is CCCCC[C@H]1C(=O)N(C)[C@@H](CCCC)C(=O)N[C@@H](C)C(=O)N[C@H](C(=O)NCC(N)=O)CSCC(=O)N[C@@H](Cc2ccc(O)cc2)C(=O)N(C)[C@@H](C)C(=O)NC(=O)N2CCC[C@H]2C(=O)N[C@@H](Cc2cnc[nH]2)C(=O)N[C@@H](CCC(=O)NCCC)C(=O)N2C[C@H](O)C[C@H]2C(=O)N[C@@H](Cc2c[nH]c3ccccc23)C(=O)N[C@@H](CO)C(=O)N[C@@H](Cc2c[nH]c3ccccc23)C(=O)N1C. The number of imidazole rings is 1. The first-order chi connectivity index (χ1) is 62.1. The molecule has 0 saturated carbocycles. The van der Waals surface area contributed by atoms with Crippen molar-refractivity contribution in [2.45, 2.75) is 228 Å². The van der Waals surface area contributed by atoms with Gasteiger partial charge in [-0.2, -0.15) is 0 Å². The molecule has 3 saturated heterocycles. The van der Waals surface area contributed by atoms with E-state index in [0.717, 1.165) is 31.4 Å². The van der Waals surface area contributed by atoms with E-state index in [2.05, 4.69) is 78.4 Å². The fourth-order valence-corrected chi connectivity index (χ4v) is 16.7. The minimum atomic E-state index is -1.89. The molecular weight excluding hydrogens is 1700 g/mol. The van der Waals surface area contributed by atoms with Gasteiger partial charge in [0, 0.05) is 131 Å². The van der Waals surface area contributed by atoms with Gasteiger partial charge in [0.15, 0.2) is 0 Å². The summed E-state index contributed by atoms with van der Waals surface area (Å²) in [7, 11) is 3.95. The van der Waals surface area contributed by atoms with Crippen LogP contribution in [0, 0.1) is 0 Å². The van der Waals surface area contributed by atoms with Crippen molar-refractivity contribution in [2.24, 2.45) is 5.73 Å². The lowest BCUT2D eigenvalue weighted by atomic mass is 9.99. The molecule has 0 radical (unpaired) electrons. The molecule has 6 heterocycles. The van der Waals surface area contributed by atoms with Gasteiger partial charge in [-0.15, -0.1) is 11.8 Å². The average molecular weight is 1830 g/mol. The number of thioether (sulfide) groups is 1. The van der Waals surface area contributed by atoms with E-state index in [1.54, 1.807) is 60.9 Å². The Kier molecular flexibility index (Phi) is 37.5. The third kappa shape index (κ3) is 27.5. The van der Waals surface area contributed by atoms with E-state index in [1.165, 1.54) is 76.7 Å². The van der Waals surface area contributed by atoms with Crippen LogP contribution in [0.4, 0.5) is 4.79 Å². The number of H-pyrrole nitrogens is 3. The molecule has 3 fully saturated rings. The number of unbranched alkanes of at least 4 members (excludes halogenated alkanes) is 3. The largest absolute Gasteiger partial charge is 0.508 e.